The van der Waals surface area contributed by atoms with Crippen molar-refractivity contribution >= 4 is 34.0 Å². The molecule has 1 aromatic carbocycles. The van der Waals surface area contributed by atoms with Crippen LogP contribution in [0.4, 0.5) is 10.8 Å². The van der Waals surface area contributed by atoms with Gasteiger partial charge in [0.2, 0.25) is 5.91 Å². The van der Waals surface area contributed by atoms with E-state index in [-0.39, 0.29) is 17.8 Å². The van der Waals surface area contributed by atoms with Crippen molar-refractivity contribution in [1.29, 1.82) is 0 Å². The Labute approximate surface area is 175 Å². The number of nitrogens with zero attached hydrogens (tertiary/aromatic N) is 3. The topological polar surface area (TPSA) is 72.0 Å². The standard InChI is InChI=1S/C21H27N3O4S/c1-4-28-20(26)16-9-11-23(12-10-16)13-17-14-29-21(22-17)24(15(2)25)18-7-5-6-8-19(18)27-3/h5-8,14,16H,4,9-13H2,1-3H3. The van der Waals surface area contributed by atoms with Crippen LogP contribution in [0.5, 0.6) is 5.75 Å². The van der Waals surface area contributed by atoms with Gasteiger partial charge in [0.05, 0.1) is 31.0 Å². The fourth-order valence-electron chi connectivity index (χ4n) is 3.51. The first-order valence-electron chi connectivity index (χ1n) is 9.80. The van der Waals surface area contributed by atoms with Crippen LogP contribution < -0.4 is 9.64 Å². The highest BCUT2D eigenvalue weighted by Gasteiger charge is 2.27. The van der Waals surface area contributed by atoms with E-state index in [1.165, 1.54) is 18.3 Å². The van der Waals surface area contributed by atoms with Crippen molar-refractivity contribution in [2.45, 2.75) is 33.2 Å². The molecular weight excluding hydrogens is 390 g/mol. The van der Waals surface area contributed by atoms with Crippen LogP contribution in [0, 0.1) is 5.92 Å². The zero-order chi connectivity index (χ0) is 20.8. The average molecular weight is 418 g/mol. The van der Waals surface area contributed by atoms with E-state index in [9.17, 15) is 9.59 Å². The monoisotopic (exact) mass is 417 g/mol. The van der Waals surface area contributed by atoms with Gasteiger partial charge in [-0.2, -0.15) is 0 Å². The second kappa shape index (κ2) is 9.84. The van der Waals surface area contributed by atoms with E-state index in [4.69, 9.17) is 14.5 Å². The van der Waals surface area contributed by atoms with E-state index in [1.54, 1.807) is 12.0 Å². The average Bonchev–Trinajstić information content (AvgIpc) is 3.16. The van der Waals surface area contributed by atoms with Gasteiger partial charge in [-0.3, -0.25) is 19.4 Å². The van der Waals surface area contributed by atoms with E-state index in [0.29, 0.717) is 29.7 Å². The van der Waals surface area contributed by atoms with E-state index in [1.807, 2.05) is 36.6 Å². The zero-order valence-corrected chi connectivity index (χ0v) is 17.9. The van der Waals surface area contributed by atoms with Crippen molar-refractivity contribution < 1.29 is 19.1 Å². The predicted octanol–water partition coefficient (Wildman–Crippen LogP) is 3.61. The number of para-hydroxylation sites is 2. The number of likely N-dealkylation sites (tertiary alicyclic amines) is 1. The molecule has 1 amide bonds. The van der Waals surface area contributed by atoms with Gasteiger partial charge in [0.25, 0.3) is 0 Å². The summed E-state index contributed by atoms with van der Waals surface area (Å²) in [6.07, 6.45) is 1.60. The molecule has 8 heteroatoms. The van der Waals surface area contributed by atoms with Crippen molar-refractivity contribution in [3.8, 4) is 5.75 Å². The maximum Gasteiger partial charge on any atom is 0.309 e. The highest BCUT2D eigenvalue weighted by atomic mass is 32.1. The number of amides is 1. The minimum Gasteiger partial charge on any atom is -0.495 e. The molecule has 7 nitrogen and oxygen atoms in total. The number of carbonyl (C=O) groups excluding carboxylic acids is 2. The van der Waals surface area contributed by atoms with Crippen molar-refractivity contribution in [1.82, 2.24) is 9.88 Å². The molecule has 29 heavy (non-hydrogen) atoms. The molecule has 1 fully saturated rings. The van der Waals surface area contributed by atoms with Crippen molar-refractivity contribution in [3.63, 3.8) is 0 Å². The summed E-state index contributed by atoms with van der Waals surface area (Å²) in [5.74, 6) is 0.416. The molecule has 156 valence electrons. The number of ether oxygens (including phenoxy) is 2. The number of anilines is 2. The third kappa shape index (κ3) is 5.13. The fourth-order valence-corrected chi connectivity index (χ4v) is 4.38. The van der Waals surface area contributed by atoms with Gasteiger partial charge in [-0.25, -0.2) is 4.98 Å². The van der Waals surface area contributed by atoms with Gasteiger partial charge in [-0.15, -0.1) is 11.3 Å². The maximum absolute atomic E-state index is 12.3. The van der Waals surface area contributed by atoms with Crippen LogP contribution in [0.3, 0.4) is 0 Å². The van der Waals surface area contributed by atoms with Gasteiger partial charge in [-0.1, -0.05) is 12.1 Å². The highest BCUT2D eigenvalue weighted by molar-refractivity contribution is 7.14. The number of benzene rings is 1. The Bertz CT molecular complexity index is 846. The summed E-state index contributed by atoms with van der Waals surface area (Å²) in [6, 6.07) is 7.42. The Morgan fingerprint density at radius 3 is 2.66 bits per heavy atom. The number of rotatable bonds is 7. The van der Waals surface area contributed by atoms with Crippen molar-refractivity contribution in [2.75, 3.05) is 31.7 Å². The first kappa shape index (κ1) is 21.3. The van der Waals surface area contributed by atoms with Crippen molar-refractivity contribution in [2.24, 2.45) is 5.92 Å². The molecule has 0 radical (unpaired) electrons. The number of carbonyl (C=O) groups is 2. The molecule has 2 heterocycles. The summed E-state index contributed by atoms with van der Waals surface area (Å²) in [4.78, 5) is 32.8. The normalized spacial score (nSPS) is 15.1. The Morgan fingerprint density at radius 2 is 2.00 bits per heavy atom. The SMILES string of the molecule is CCOC(=O)C1CCN(Cc2csc(N(C(C)=O)c3ccccc3OC)n2)CC1. The molecule has 2 aromatic rings. The lowest BCUT2D eigenvalue weighted by atomic mass is 9.97. The van der Waals surface area contributed by atoms with Crippen LogP contribution >= 0.6 is 11.3 Å². The molecule has 0 spiro atoms. The van der Waals surface area contributed by atoms with Crippen LogP contribution in [0.15, 0.2) is 29.6 Å². The minimum absolute atomic E-state index is 0.00375. The molecule has 1 aromatic heterocycles. The van der Waals surface area contributed by atoms with Gasteiger partial charge >= 0.3 is 5.97 Å². The third-order valence-electron chi connectivity index (χ3n) is 4.96. The fraction of sp³-hybridized carbons (Fsp3) is 0.476. The summed E-state index contributed by atoms with van der Waals surface area (Å²) in [5.41, 5.74) is 1.60. The number of hydrogen-bond donors (Lipinski definition) is 0. The second-order valence-corrected chi connectivity index (χ2v) is 7.79. The Morgan fingerprint density at radius 1 is 1.28 bits per heavy atom. The van der Waals surface area contributed by atoms with Crippen LogP contribution in [-0.2, 0) is 20.9 Å². The summed E-state index contributed by atoms with van der Waals surface area (Å²) in [7, 11) is 1.59. The number of piperidine rings is 1. The minimum atomic E-state index is -0.120. The smallest absolute Gasteiger partial charge is 0.309 e. The lowest BCUT2D eigenvalue weighted by Gasteiger charge is -2.30. The Hall–Kier alpha value is -2.45. The largest absolute Gasteiger partial charge is 0.495 e. The number of esters is 1. The second-order valence-electron chi connectivity index (χ2n) is 6.95. The maximum atomic E-state index is 12.3. The van der Waals surface area contributed by atoms with Gasteiger partial charge < -0.3 is 9.47 Å². The number of thiazole rings is 1. The zero-order valence-electron chi connectivity index (χ0n) is 17.1. The summed E-state index contributed by atoms with van der Waals surface area (Å²) >= 11 is 1.44. The summed E-state index contributed by atoms with van der Waals surface area (Å²) in [6.45, 7) is 6.15. The number of methoxy groups -OCH3 is 1. The first-order chi connectivity index (χ1) is 14.0. The molecule has 0 unspecified atom stereocenters. The van der Waals surface area contributed by atoms with Gasteiger partial charge in [0.1, 0.15) is 5.75 Å². The van der Waals surface area contributed by atoms with Crippen LogP contribution in [0.1, 0.15) is 32.4 Å². The molecule has 0 atom stereocenters. The molecule has 1 aliphatic heterocycles. The Kier molecular flexibility index (Phi) is 7.22. The van der Waals surface area contributed by atoms with Crippen LogP contribution in [-0.4, -0.2) is 48.6 Å². The lowest BCUT2D eigenvalue weighted by Crippen LogP contribution is -2.36. The predicted molar refractivity (Wildman–Crippen MR) is 113 cm³/mol. The Balaban J connectivity index is 1.67. The molecule has 0 bridgehead atoms. The van der Waals surface area contributed by atoms with E-state index < -0.39 is 0 Å². The quantitative estimate of drug-likeness (QED) is 0.641. The molecule has 0 saturated carbocycles. The number of hydrogen-bond acceptors (Lipinski definition) is 7. The highest BCUT2D eigenvalue weighted by Crippen LogP contribution is 2.35. The van der Waals surface area contributed by atoms with Gasteiger partial charge in [-0.05, 0) is 45.0 Å². The van der Waals surface area contributed by atoms with E-state index in [2.05, 4.69) is 4.90 Å². The first-order valence-corrected chi connectivity index (χ1v) is 10.7. The molecular formula is C21H27N3O4S. The van der Waals surface area contributed by atoms with Gasteiger partial charge in [0.15, 0.2) is 5.13 Å². The van der Waals surface area contributed by atoms with Crippen molar-refractivity contribution in [3.05, 3.63) is 35.3 Å². The molecule has 1 saturated heterocycles. The van der Waals surface area contributed by atoms with Gasteiger partial charge in [0, 0.05) is 18.8 Å². The van der Waals surface area contributed by atoms with Crippen LogP contribution in [0.2, 0.25) is 0 Å². The molecule has 0 N–H and O–H groups in total. The molecule has 0 aliphatic carbocycles. The molecule has 3 rings (SSSR count). The summed E-state index contributed by atoms with van der Waals surface area (Å²) < 4.78 is 10.5. The number of aromatic nitrogens is 1. The summed E-state index contributed by atoms with van der Waals surface area (Å²) in [5, 5.41) is 2.61. The lowest BCUT2D eigenvalue weighted by molar-refractivity contribution is -0.149. The third-order valence-corrected chi connectivity index (χ3v) is 5.84. The van der Waals surface area contributed by atoms with E-state index in [0.717, 1.165) is 31.6 Å². The van der Waals surface area contributed by atoms with E-state index >= 15 is 0 Å². The van der Waals surface area contributed by atoms with Crippen LogP contribution in [0.25, 0.3) is 0 Å². The molecule has 1 aliphatic rings.